The maximum absolute atomic E-state index is 13.3. The fraction of sp³-hybridized carbons (Fsp3) is 0.567. The zero-order valence-corrected chi connectivity index (χ0v) is 23.0. The molecule has 0 spiro atoms. The molecule has 2 aromatic rings. The molecule has 0 radical (unpaired) electrons. The molecule has 212 valence electrons. The number of hydrogen-bond acceptors (Lipinski definition) is 7. The Balaban J connectivity index is 1.28. The number of aryl methyl sites for hydroxylation is 2. The molecule has 4 rings (SSSR count). The van der Waals surface area contributed by atoms with Crippen molar-refractivity contribution in [2.45, 2.75) is 56.9 Å². The van der Waals surface area contributed by atoms with E-state index in [0.29, 0.717) is 26.2 Å². The van der Waals surface area contributed by atoms with Crippen LogP contribution in [0.4, 0.5) is 5.82 Å². The molecular weight excluding hydrogens is 496 g/mol. The standard InChI is InChI=1S/C30H42N4O5/c1-2-38-20-19-34(17-7-6-12-25-14-13-23-9-8-16-31-27(23)32-25)18-15-26(28(35)36)33-29(37)30(21-39-22-30)24-10-4-3-5-11-24/h3-5,10-11,13-14,26H,2,6-9,12,15-22H2,1H3,(H,31,32)(H,33,37)(H,35,36). The van der Waals surface area contributed by atoms with E-state index in [-0.39, 0.29) is 19.1 Å². The normalized spacial score (nSPS) is 16.6. The topological polar surface area (TPSA) is 113 Å². The SMILES string of the molecule is CCOCCN(CCCCc1ccc2c(n1)NCCC2)CCC(NC(=O)C1(c2ccccc2)COC1)C(=O)O. The number of benzene rings is 1. The molecule has 2 aliphatic rings. The first-order valence-electron chi connectivity index (χ1n) is 14.2. The number of rotatable bonds is 16. The van der Waals surface area contributed by atoms with Crippen LogP contribution >= 0.6 is 0 Å². The first-order chi connectivity index (χ1) is 19.0. The lowest BCUT2D eigenvalue weighted by Crippen LogP contribution is -2.60. The van der Waals surface area contributed by atoms with E-state index in [1.54, 1.807) is 0 Å². The van der Waals surface area contributed by atoms with Gasteiger partial charge in [0, 0.05) is 31.9 Å². The highest BCUT2D eigenvalue weighted by Crippen LogP contribution is 2.32. The van der Waals surface area contributed by atoms with Crippen molar-refractivity contribution in [2.75, 3.05) is 57.9 Å². The van der Waals surface area contributed by atoms with Crippen LogP contribution in [0.2, 0.25) is 0 Å². The van der Waals surface area contributed by atoms with Crippen molar-refractivity contribution in [2.24, 2.45) is 0 Å². The van der Waals surface area contributed by atoms with Gasteiger partial charge in [-0.1, -0.05) is 36.4 Å². The molecule has 0 saturated carbocycles. The average molecular weight is 539 g/mol. The van der Waals surface area contributed by atoms with Crippen LogP contribution in [0.5, 0.6) is 0 Å². The summed E-state index contributed by atoms with van der Waals surface area (Å²) in [7, 11) is 0. The lowest BCUT2D eigenvalue weighted by atomic mass is 9.77. The van der Waals surface area contributed by atoms with E-state index in [1.165, 1.54) is 5.56 Å². The third-order valence-corrected chi connectivity index (χ3v) is 7.66. The quantitative estimate of drug-likeness (QED) is 0.280. The van der Waals surface area contributed by atoms with Gasteiger partial charge in [0.05, 0.1) is 19.8 Å². The van der Waals surface area contributed by atoms with Crippen LogP contribution in [-0.2, 0) is 37.3 Å². The molecule has 3 N–H and O–H groups in total. The maximum Gasteiger partial charge on any atom is 0.326 e. The van der Waals surface area contributed by atoms with Crippen LogP contribution in [-0.4, -0.2) is 85.5 Å². The van der Waals surface area contributed by atoms with E-state index in [4.69, 9.17) is 14.5 Å². The van der Waals surface area contributed by atoms with E-state index in [9.17, 15) is 14.7 Å². The number of carboxylic acids is 1. The summed E-state index contributed by atoms with van der Waals surface area (Å²) in [5.41, 5.74) is 2.42. The molecule has 1 aromatic carbocycles. The van der Waals surface area contributed by atoms with Crippen LogP contribution in [0.3, 0.4) is 0 Å². The lowest BCUT2D eigenvalue weighted by Gasteiger charge is -2.41. The van der Waals surface area contributed by atoms with Crippen molar-refractivity contribution in [1.82, 2.24) is 15.2 Å². The van der Waals surface area contributed by atoms with Crippen LogP contribution in [0, 0.1) is 0 Å². The summed E-state index contributed by atoms with van der Waals surface area (Å²) < 4.78 is 11.0. The summed E-state index contributed by atoms with van der Waals surface area (Å²) in [6.45, 7) is 6.80. The van der Waals surface area contributed by atoms with Gasteiger partial charge in [0.2, 0.25) is 5.91 Å². The number of carbonyl (C=O) groups is 2. The van der Waals surface area contributed by atoms with Crippen molar-refractivity contribution < 1.29 is 24.2 Å². The number of carbonyl (C=O) groups excluding carboxylic acids is 1. The molecule has 1 amide bonds. The zero-order chi connectivity index (χ0) is 27.5. The highest BCUT2D eigenvalue weighted by molar-refractivity contribution is 5.92. The summed E-state index contributed by atoms with van der Waals surface area (Å²) in [5.74, 6) is -0.287. The highest BCUT2D eigenvalue weighted by atomic mass is 16.5. The Labute approximate surface area is 231 Å². The van der Waals surface area contributed by atoms with Gasteiger partial charge in [0.15, 0.2) is 0 Å². The molecule has 9 heteroatoms. The second-order valence-electron chi connectivity index (χ2n) is 10.4. The monoisotopic (exact) mass is 538 g/mol. The zero-order valence-electron chi connectivity index (χ0n) is 23.0. The van der Waals surface area contributed by atoms with Gasteiger partial charge < -0.3 is 30.1 Å². The molecule has 0 aliphatic carbocycles. The minimum Gasteiger partial charge on any atom is -0.480 e. The van der Waals surface area contributed by atoms with Crippen molar-refractivity contribution in [3.63, 3.8) is 0 Å². The van der Waals surface area contributed by atoms with Crippen molar-refractivity contribution in [1.29, 1.82) is 0 Å². The van der Waals surface area contributed by atoms with Crippen LogP contribution in [0.1, 0.15) is 49.4 Å². The largest absolute Gasteiger partial charge is 0.480 e. The summed E-state index contributed by atoms with van der Waals surface area (Å²) >= 11 is 0. The van der Waals surface area contributed by atoms with Crippen molar-refractivity contribution >= 4 is 17.7 Å². The minimum atomic E-state index is -1.02. The number of amides is 1. The molecule has 9 nitrogen and oxygen atoms in total. The Morgan fingerprint density at radius 2 is 1.97 bits per heavy atom. The number of fused-ring (bicyclic) bond motifs is 1. The highest BCUT2D eigenvalue weighted by Gasteiger charge is 2.48. The number of carboxylic acid groups (broad SMARTS) is 1. The number of aliphatic carboxylic acids is 1. The van der Waals surface area contributed by atoms with E-state index < -0.39 is 17.4 Å². The summed E-state index contributed by atoms with van der Waals surface area (Å²) in [6.07, 6.45) is 5.43. The molecule has 1 atom stereocenters. The fourth-order valence-corrected chi connectivity index (χ4v) is 5.18. The molecule has 1 saturated heterocycles. The predicted octanol–water partition coefficient (Wildman–Crippen LogP) is 3.03. The van der Waals surface area contributed by atoms with Gasteiger partial charge in [-0.15, -0.1) is 0 Å². The number of nitrogens with zero attached hydrogens (tertiary/aromatic N) is 2. The number of unbranched alkanes of at least 4 members (excludes halogenated alkanes) is 1. The van der Waals surface area contributed by atoms with Gasteiger partial charge >= 0.3 is 5.97 Å². The average Bonchev–Trinajstić information content (AvgIpc) is 2.92. The lowest BCUT2D eigenvalue weighted by molar-refractivity contribution is -0.151. The second kappa shape index (κ2) is 14.4. The first-order valence-corrected chi connectivity index (χ1v) is 14.2. The van der Waals surface area contributed by atoms with E-state index in [1.807, 2.05) is 37.3 Å². The second-order valence-corrected chi connectivity index (χ2v) is 10.4. The van der Waals surface area contributed by atoms with Gasteiger partial charge in [0.25, 0.3) is 0 Å². The van der Waals surface area contributed by atoms with Gasteiger partial charge in [-0.3, -0.25) is 4.79 Å². The Hall–Kier alpha value is -3.01. The fourth-order valence-electron chi connectivity index (χ4n) is 5.18. The first kappa shape index (κ1) is 29.0. The third-order valence-electron chi connectivity index (χ3n) is 7.66. The maximum atomic E-state index is 13.3. The van der Waals surface area contributed by atoms with Crippen molar-refractivity contribution in [3.8, 4) is 0 Å². The van der Waals surface area contributed by atoms with E-state index in [0.717, 1.165) is 68.8 Å². The molecule has 1 fully saturated rings. The predicted molar refractivity (Wildman–Crippen MR) is 150 cm³/mol. The summed E-state index contributed by atoms with van der Waals surface area (Å²) in [4.78, 5) is 32.4. The minimum absolute atomic E-state index is 0.255. The van der Waals surface area contributed by atoms with E-state index >= 15 is 0 Å². The van der Waals surface area contributed by atoms with Gasteiger partial charge in [-0.2, -0.15) is 0 Å². The number of aromatic nitrogens is 1. The number of ether oxygens (including phenoxy) is 2. The molecule has 1 aromatic heterocycles. The van der Waals surface area contributed by atoms with Gasteiger partial charge in [-0.25, -0.2) is 9.78 Å². The summed E-state index contributed by atoms with van der Waals surface area (Å²) in [6, 6.07) is 12.8. The molecule has 2 aliphatic heterocycles. The van der Waals surface area contributed by atoms with Crippen LogP contribution in [0.15, 0.2) is 42.5 Å². The Kier molecular flexibility index (Phi) is 10.7. The van der Waals surface area contributed by atoms with Gasteiger partial charge in [-0.05, 0) is 69.2 Å². The smallest absolute Gasteiger partial charge is 0.326 e. The Morgan fingerprint density at radius 1 is 1.15 bits per heavy atom. The molecule has 3 heterocycles. The summed E-state index contributed by atoms with van der Waals surface area (Å²) in [5, 5.41) is 16.1. The van der Waals surface area contributed by atoms with Crippen molar-refractivity contribution in [3.05, 3.63) is 59.3 Å². The number of hydrogen-bond donors (Lipinski definition) is 3. The molecule has 1 unspecified atom stereocenters. The van der Waals surface area contributed by atoms with Crippen LogP contribution < -0.4 is 10.6 Å². The van der Waals surface area contributed by atoms with Gasteiger partial charge in [0.1, 0.15) is 17.3 Å². The number of anilines is 1. The third kappa shape index (κ3) is 7.77. The Bertz CT molecular complexity index is 1080. The Morgan fingerprint density at radius 3 is 2.69 bits per heavy atom. The molecule has 0 bridgehead atoms. The molecular formula is C30H42N4O5. The van der Waals surface area contributed by atoms with Crippen LogP contribution in [0.25, 0.3) is 0 Å². The molecule has 39 heavy (non-hydrogen) atoms. The number of nitrogens with one attached hydrogen (secondary N) is 2. The number of pyridine rings is 1. The van der Waals surface area contributed by atoms with E-state index in [2.05, 4.69) is 27.7 Å².